The molecule has 0 saturated carbocycles. The Balaban J connectivity index is 1.69. The van der Waals surface area contributed by atoms with Crippen LogP contribution in [-0.2, 0) is 17.8 Å². The highest BCUT2D eigenvalue weighted by Crippen LogP contribution is 2.22. The number of esters is 1. The molecule has 0 saturated heterocycles. The van der Waals surface area contributed by atoms with Crippen LogP contribution in [0.5, 0.6) is 0 Å². The zero-order valence-corrected chi connectivity index (χ0v) is 14.8. The number of benzene rings is 2. The molecule has 0 atom stereocenters. The molecule has 0 N–H and O–H groups in total. The van der Waals surface area contributed by atoms with Crippen LogP contribution in [0.25, 0.3) is 11.4 Å². The number of aromatic nitrogens is 2. The van der Waals surface area contributed by atoms with E-state index in [0.29, 0.717) is 5.82 Å². The van der Waals surface area contributed by atoms with E-state index < -0.39 is 10.9 Å². The van der Waals surface area contributed by atoms with Gasteiger partial charge in [-0.3, -0.25) is 10.1 Å². The molecule has 0 unspecified atom stereocenters. The lowest BCUT2D eigenvalue weighted by atomic mass is 10.1. The second kappa shape index (κ2) is 7.77. The summed E-state index contributed by atoms with van der Waals surface area (Å²) in [4.78, 5) is 26.9. The van der Waals surface area contributed by atoms with E-state index in [1.165, 1.54) is 30.7 Å². The second-order valence-electron chi connectivity index (χ2n) is 5.85. The second-order valence-corrected chi connectivity index (χ2v) is 5.85. The summed E-state index contributed by atoms with van der Waals surface area (Å²) >= 11 is 0. The number of nitro groups is 1. The summed E-state index contributed by atoms with van der Waals surface area (Å²) in [5.41, 5.74) is 2.22. The largest absolute Gasteiger partial charge is 0.452 e. The normalized spacial score (nSPS) is 10.6. The van der Waals surface area contributed by atoms with Crippen LogP contribution in [0.2, 0.25) is 0 Å². The van der Waals surface area contributed by atoms with Gasteiger partial charge in [-0.15, -0.1) is 0 Å². The van der Waals surface area contributed by atoms with Crippen molar-refractivity contribution in [1.82, 2.24) is 10.1 Å². The third-order valence-corrected chi connectivity index (χ3v) is 4.14. The number of carbonyl (C=O) groups excluding carboxylic acids is 1. The number of rotatable bonds is 6. The van der Waals surface area contributed by atoms with Crippen molar-refractivity contribution in [3.63, 3.8) is 0 Å². The lowest BCUT2D eigenvalue weighted by Gasteiger charge is -2.05. The highest BCUT2D eigenvalue weighted by atomic mass is 16.6. The van der Waals surface area contributed by atoms with Gasteiger partial charge in [0.15, 0.2) is 6.61 Å². The fourth-order valence-corrected chi connectivity index (χ4v) is 2.57. The van der Waals surface area contributed by atoms with Crippen molar-refractivity contribution >= 4 is 11.7 Å². The fourth-order valence-electron chi connectivity index (χ4n) is 2.57. The number of aryl methyl sites for hydroxylation is 1. The Hall–Kier alpha value is -3.55. The van der Waals surface area contributed by atoms with Crippen LogP contribution in [0.15, 0.2) is 47.0 Å². The van der Waals surface area contributed by atoms with Crippen molar-refractivity contribution < 1.29 is 19.0 Å². The van der Waals surface area contributed by atoms with E-state index in [-0.39, 0.29) is 29.3 Å². The minimum absolute atomic E-state index is 0.124. The Morgan fingerprint density at radius 2 is 1.96 bits per heavy atom. The van der Waals surface area contributed by atoms with Crippen LogP contribution in [-0.4, -0.2) is 21.0 Å². The average molecular weight is 367 g/mol. The summed E-state index contributed by atoms with van der Waals surface area (Å²) in [6.07, 6.45) is 0.935. The molecule has 3 rings (SSSR count). The van der Waals surface area contributed by atoms with Gasteiger partial charge in [0.05, 0.1) is 10.5 Å². The first-order valence-electron chi connectivity index (χ1n) is 8.32. The van der Waals surface area contributed by atoms with Crippen LogP contribution in [0.1, 0.15) is 34.3 Å². The van der Waals surface area contributed by atoms with Gasteiger partial charge in [-0.2, -0.15) is 4.98 Å². The van der Waals surface area contributed by atoms with E-state index in [4.69, 9.17) is 9.26 Å². The number of ether oxygens (including phenoxy) is 1. The fraction of sp³-hybridized carbons (Fsp3) is 0.211. The minimum atomic E-state index is -0.691. The molecule has 138 valence electrons. The molecular formula is C19H17N3O5. The molecule has 1 heterocycles. The van der Waals surface area contributed by atoms with Crippen LogP contribution in [0.4, 0.5) is 5.69 Å². The van der Waals surface area contributed by atoms with Crippen molar-refractivity contribution in [2.75, 3.05) is 0 Å². The van der Waals surface area contributed by atoms with Gasteiger partial charge in [0.1, 0.15) is 0 Å². The zero-order valence-electron chi connectivity index (χ0n) is 14.8. The van der Waals surface area contributed by atoms with E-state index in [1.54, 1.807) is 0 Å². The molecule has 8 nitrogen and oxygen atoms in total. The van der Waals surface area contributed by atoms with E-state index in [1.807, 2.05) is 24.3 Å². The summed E-state index contributed by atoms with van der Waals surface area (Å²) < 4.78 is 10.3. The number of carbonyl (C=O) groups is 1. The van der Waals surface area contributed by atoms with Crippen molar-refractivity contribution in [1.29, 1.82) is 0 Å². The van der Waals surface area contributed by atoms with Gasteiger partial charge in [0.2, 0.25) is 5.82 Å². The monoisotopic (exact) mass is 367 g/mol. The molecule has 0 amide bonds. The molecule has 2 aromatic carbocycles. The SMILES string of the molecule is CCc1ccc(-c2noc(COC(=O)c3cccc([N+](=O)[O-])c3C)n2)cc1. The number of hydrogen-bond donors (Lipinski definition) is 0. The topological polar surface area (TPSA) is 108 Å². The Kier molecular flexibility index (Phi) is 5.25. The van der Waals surface area contributed by atoms with Crippen molar-refractivity contribution in [2.45, 2.75) is 26.9 Å². The smallest absolute Gasteiger partial charge is 0.339 e. The van der Waals surface area contributed by atoms with Gasteiger partial charge < -0.3 is 9.26 Å². The van der Waals surface area contributed by atoms with Gasteiger partial charge >= 0.3 is 5.97 Å². The Labute approximate surface area is 154 Å². The third-order valence-electron chi connectivity index (χ3n) is 4.14. The summed E-state index contributed by atoms with van der Waals surface area (Å²) in [7, 11) is 0. The molecule has 0 fully saturated rings. The zero-order chi connectivity index (χ0) is 19.4. The summed E-state index contributed by atoms with van der Waals surface area (Å²) in [6, 6.07) is 12.0. The Morgan fingerprint density at radius 1 is 1.22 bits per heavy atom. The van der Waals surface area contributed by atoms with Crippen LogP contribution < -0.4 is 0 Å². The maximum Gasteiger partial charge on any atom is 0.339 e. The summed E-state index contributed by atoms with van der Waals surface area (Å²) in [5.74, 6) is -0.153. The van der Waals surface area contributed by atoms with Crippen LogP contribution in [0, 0.1) is 17.0 Å². The molecule has 1 aromatic heterocycles. The molecule has 8 heteroatoms. The van der Waals surface area contributed by atoms with Crippen molar-refractivity contribution in [3.05, 3.63) is 75.2 Å². The van der Waals surface area contributed by atoms with Crippen molar-refractivity contribution in [2.24, 2.45) is 0 Å². The molecule has 0 spiro atoms. The maximum atomic E-state index is 12.2. The van der Waals surface area contributed by atoms with Gasteiger partial charge in [-0.25, -0.2) is 4.79 Å². The van der Waals surface area contributed by atoms with Crippen molar-refractivity contribution in [3.8, 4) is 11.4 Å². The summed E-state index contributed by atoms with van der Waals surface area (Å²) in [5, 5.41) is 14.9. The first-order valence-corrected chi connectivity index (χ1v) is 8.32. The lowest BCUT2D eigenvalue weighted by Crippen LogP contribution is -2.08. The molecule has 0 aliphatic heterocycles. The quantitative estimate of drug-likeness (QED) is 0.369. The number of nitrogens with zero attached hydrogens (tertiary/aromatic N) is 3. The highest BCUT2D eigenvalue weighted by Gasteiger charge is 2.20. The highest BCUT2D eigenvalue weighted by molar-refractivity contribution is 5.92. The maximum absolute atomic E-state index is 12.2. The molecular weight excluding hydrogens is 350 g/mol. The Bertz CT molecular complexity index is 979. The van der Waals surface area contributed by atoms with Gasteiger partial charge in [0, 0.05) is 17.2 Å². The standard InChI is InChI=1S/C19H17N3O5/c1-3-13-7-9-14(10-8-13)18-20-17(27-21-18)11-26-19(23)15-5-4-6-16(12(15)2)22(24)25/h4-10H,3,11H2,1-2H3. The van der Waals surface area contributed by atoms with E-state index in [0.717, 1.165) is 12.0 Å². The van der Waals surface area contributed by atoms with Crippen LogP contribution >= 0.6 is 0 Å². The van der Waals surface area contributed by atoms with E-state index >= 15 is 0 Å². The first-order chi connectivity index (χ1) is 13.0. The summed E-state index contributed by atoms with van der Waals surface area (Å²) in [6.45, 7) is 3.35. The minimum Gasteiger partial charge on any atom is -0.452 e. The predicted molar refractivity (Wildman–Crippen MR) is 96.1 cm³/mol. The molecule has 0 aliphatic carbocycles. The first kappa shape index (κ1) is 18.2. The molecule has 0 radical (unpaired) electrons. The Morgan fingerprint density at radius 3 is 2.63 bits per heavy atom. The molecule has 27 heavy (non-hydrogen) atoms. The molecule has 0 aliphatic rings. The molecule has 3 aromatic rings. The van der Waals surface area contributed by atoms with E-state index in [9.17, 15) is 14.9 Å². The van der Waals surface area contributed by atoms with Crippen LogP contribution in [0.3, 0.4) is 0 Å². The number of hydrogen-bond acceptors (Lipinski definition) is 7. The van der Waals surface area contributed by atoms with Gasteiger partial charge in [-0.05, 0) is 25.0 Å². The third kappa shape index (κ3) is 4.00. The van der Waals surface area contributed by atoms with Gasteiger partial charge in [0.25, 0.3) is 11.6 Å². The lowest BCUT2D eigenvalue weighted by molar-refractivity contribution is -0.385. The molecule has 0 bridgehead atoms. The van der Waals surface area contributed by atoms with E-state index in [2.05, 4.69) is 17.1 Å². The predicted octanol–water partition coefficient (Wildman–Crippen LogP) is 3.87. The average Bonchev–Trinajstić information content (AvgIpc) is 3.15. The number of nitro benzene ring substituents is 1. The van der Waals surface area contributed by atoms with Gasteiger partial charge in [-0.1, -0.05) is 42.4 Å².